The third kappa shape index (κ3) is 4.41. The Bertz CT molecular complexity index is 428. The van der Waals surface area contributed by atoms with Gasteiger partial charge in [-0.25, -0.2) is 0 Å². The maximum atomic E-state index is 12.1. The smallest absolute Gasteiger partial charge is 0.164 e. The lowest BCUT2D eigenvalue weighted by molar-refractivity contribution is 0.0406. The molecule has 0 aromatic heterocycles. The highest BCUT2D eigenvalue weighted by Crippen LogP contribution is 2.15. The van der Waals surface area contributed by atoms with Gasteiger partial charge in [0.1, 0.15) is 0 Å². The third-order valence-corrected chi connectivity index (χ3v) is 4.16. The van der Waals surface area contributed by atoms with Crippen LogP contribution in [0.4, 0.5) is 0 Å². The van der Waals surface area contributed by atoms with Gasteiger partial charge in [0, 0.05) is 43.2 Å². The minimum atomic E-state index is 0.218. The van der Waals surface area contributed by atoms with Crippen molar-refractivity contribution >= 4 is 21.7 Å². The van der Waals surface area contributed by atoms with Crippen LogP contribution in [0.3, 0.4) is 0 Å². The van der Waals surface area contributed by atoms with Crippen LogP contribution in [0.2, 0.25) is 0 Å². The van der Waals surface area contributed by atoms with E-state index in [1.165, 1.54) is 0 Å². The van der Waals surface area contributed by atoms with E-state index in [0.29, 0.717) is 12.5 Å². The Morgan fingerprint density at radius 1 is 1.42 bits per heavy atom. The molecule has 1 heterocycles. The lowest BCUT2D eigenvalue weighted by atomic mass is 10.1. The number of hydrogen-bond donors (Lipinski definition) is 0. The van der Waals surface area contributed by atoms with Crippen LogP contribution in [0, 0.1) is 0 Å². The summed E-state index contributed by atoms with van der Waals surface area (Å²) in [6, 6.07) is 7.61. The Balaban J connectivity index is 1.78. The van der Waals surface area contributed by atoms with Gasteiger partial charge in [0.2, 0.25) is 0 Å². The molecular formula is C15H20BrNO2. The summed E-state index contributed by atoms with van der Waals surface area (Å²) in [5.74, 6) is 0.218. The minimum absolute atomic E-state index is 0.218. The number of ketones is 1. The predicted octanol–water partition coefficient (Wildman–Crippen LogP) is 3.13. The largest absolute Gasteiger partial charge is 0.381 e. The van der Waals surface area contributed by atoms with E-state index in [1.54, 1.807) is 7.11 Å². The van der Waals surface area contributed by atoms with Gasteiger partial charge in [-0.2, -0.15) is 0 Å². The molecule has 1 saturated heterocycles. The van der Waals surface area contributed by atoms with Gasteiger partial charge < -0.3 is 9.64 Å². The molecule has 4 heteroatoms. The molecule has 0 bridgehead atoms. The van der Waals surface area contributed by atoms with E-state index >= 15 is 0 Å². The molecule has 3 nitrogen and oxygen atoms in total. The van der Waals surface area contributed by atoms with Crippen LogP contribution in [0.15, 0.2) is 28.7 Å². The van der Waals surface area contributed by atoms with Gasteiger partial charge in [0.05, 0.1) is 6.10 Å². The van der Waals surface area contributed by atoms with Gasteiger partial charge in [0.15, 0.2) is 5.78 Å². The molecular weight excluding hydrogens is 306 g/mol. The fourth-order valence-electron chi connectivity index (χ4n) is 2.43. The summed E-state index contributed by atoms with van der Waals surface area (Å²) in [6.07, 6.45) is 3.13. The number of nitrogens with zero attached hydrogens (tertiary/aromatic N) is 1. The van der Waals surface area contributed by atoms with Gasteiger partial charge >= 0.3 is 0 Å². The van der Waals surface area contributed by atoms with Gasteiger partial charge in [-0.1, -0.05) is 28.1 Å². The van der Waals surface area contributed by atoms with Crippen molar-refractivity contribution in [3.8, 4) is 0 Å². The van der Waals surface area contributed by atoms with Crippen molar-refractivity contribution in [2.75, 3.05) is 26.7 Å². The van der Waals surface area contributed by atoms with Crippen molar-refractivity contribution in [1.29, 1.82) is 0 Å². The molecule has 0 N–H and O–H groups in total. The molecule has 1 aliphatic rings. The number of Topliss-reactive ketones (excluding diaryl/α,β-unsaturated/α-hetero) is 1. The highest BCUT2D eigenvalue weighted by Gasteiger charge is 2.19. The van der Waals surface area contributed by atoms with Crippen molar-refractivity contribution in [3.63, 3.8) is 0 Å². The van der Waals surface area contributed by atoms with Gasteiger partial charge in [0.25, 0.3) is 0 Å². The minimum Gasteiger partial charge on any atom is -0.381 e. The number of benzene rings is 1. The van der Waals surface area contributed by atoms with Crippen molar-refractivity contribution in [2.24, 2.45) is 0 Å². The van der Waals surface area contributed by atoms with Crippen LogP contribution in [0.5, 0.6) is 0 Å². The monoisotopic (exact) mass is 325 g/mol. The number of halogens is 1. The van der Waals surface area contributed by atoms with Crippen molar-refractivity contribution < 1.29 is 9.53 Å². The number of piperidine rings is 1. The number of methoxy groups -OCH3 is 1. The van der Waals surface area contributed by atoms with Crippen molar-refractivity contribution in [1.82, 2.24) is 4.90 Å². The molecule has 0 unspecified atom stereocenters. The first-order valence-corrected chi connectivity index (χ1v) is 7.52. The molecule has 0 spiro atoms. The highest BCUT2D eigenvalue weighted by atomic mass is 79.9. The van der Waals surface area contributed by atoms with Crippen LogP contribution in [0.25, 0.3) is 0 Å². The topological polar surface area (TPSA) is 29.5 Å². The number of carbonyl (C=O) groups is 1. The molecule has 19 heavy (non-hydrogen) atoms. The summed E-state index contributed by atoms with van der Waals surface area (Å²) in [7, 11) is 1.77. The Hall–Kier alpha value is -0.710. The SMILES string of the molecule is COC1CCN(CCC(=O)c2cccc(Br)c2)CC1. The first-order chi connectivity index (χ1) is 9.19. The van der Waals surface area contributed by atoms with E-state index in [9.17, 15) is 4.79 Å². The number of carbonyl (C=O) groups excluding carboxylic acids is 1. The molecule has 1 fully saturated rings. The molecule has 0 saturated carbocycles. The molecule has 0 atom stereocenters. The number of ether oxygens (including phenoxy) is 1. The van der Waals surface area contributed by atoms with E-state index < -0.39 is 0 Å². The number of rotatable bonds is 5. The summed E-state index contributed by atoms with van der Waals surface area (Å²) in [4.78, 5) is 14.4. The molecule has 0 amide bonds. The third-order valence-electron chi connectivity index (χ3n) is 3.67. The zero-order valence-corrected chi connectivity index (χ0v) is 12.9. The lowest BCUT2D eigenvalue weighted by Crippen LogP contribution is -2.37. The predicted molar refractivity (Wildman–Crippen MR) is 79.6 cm³/mol. The zero-order chi connectivity index (χ0) is 13.7. The van der Waals surface area contributed by atoms with Crippen LogP contribution in [-0.2, 0) is 4.74 Å². The van der Waals surface area contributed by atoms with Gasteiger partial charge in [-0.3, -0.25) is 4.79 Å². The molecule has 1 aromatic rings. The Labute approximate surface area is 123 Å². The van der Waals surface area contributed by atoms with Crippen LogP contribution < -0.4 is 0 Å². The molecule has 104 valence electrons. The quantitative estimate of drug-likeness (QED) is 0.779. The summed E-state index contributed by atoms with van der Waals surface area (Å²) in [5.41, 5.74) is 0.793. The fraction of sp³-hybridized carbons (Fsp3) is 0.533. The fourth-order valence-corrected chi connectivity index (χ4v) is 2.83. The zero-order valence-electron chi connectivity index (χ0n) is 11.3. The average Bonchev–Trinajstić information content (AvgIpc) is 2.45. The molecule has 2 rings (SSSR count). The first-order valence-electron chi connectivity index (χ1n) is 6.73. The van der Waals surface area contributed by atoms with E-state index in [2.05, 4.69) is 20.8 Å². The maximum Gasteiger partial charge on any atom is 0.164 e. The van der Waals surface area contributed by atoms with E-state index in [-0.39, 0.29) is 5.78 Å². The Morgan fingerprint density at radius 3 is 2.79 bits per heavy atom. The summed E-state index contributed by atoms with van der Waals surface area (Å²) >= 11 is 3.40. The first kappa shape index (κ1) is 14.7. The van der Waals surface area contributed by atoms with Crippen molar-refractivity contribution in [3.05, 3.63) is 34.3 Å². The molecule has 1 aliphatic heterocycles. The Kier molecular flexibility index (Phi) is 5.55. The summed E-state index contributed by atoms with van der Waals surface area (Å²) in [5, 5.41) is 0. The lowest BCUT2D eigenvalue weighted by Gasteiger charge is -2.30. The van der Waals surface area contributed by atoms with Crippen molar-refractivity contribution in [2.45, 2.75) is 25.4 Å². The van der Waals surface area contributed by atoms with E-state index in [0.717, 1.165) is 42.5 Å². The number of likely N-dealkylation sites (tertiary alicyclic amines) is 1. The Morgan fingerprint density at radius 2 is 2.16 bits per heavy atom. The van der Waals surface area contributed by atoms with Crippen LogP contribution in [0.1, 0.15) is 29.6 Å². The standard InChI is InChI=1S/C15H20BrNO2/c1-19-14-5-8-17(9-6-14)10-7-15(18)12-3-2-4-13(16)11-12/h2-4,11,14H,5-10H2,1H3. The average molecular weight is 326 g/mol. The second kappa shape index (κ2) is 7.17. The summed E-state index contributed by atoms with van der Waals surface area (Å²) < 4.78 is 6.31. The molecule has 0 radical (unpaired) electrons. The van der Waals surface area contributed by atoms with Crippen LogP contribution >= 0.6 is 15.9 Å². The second-order valence-corrected chi connectivity index (χ2v) is 5.88. The maximum absolute atomic E-state index is 12.1. The molecule has 1 aromatic carbocycles. The molecule has 0 aliphatic carbocycles. The second-order valence-electron chi connectivity index (χ2n) is 4.96. The van der Waals surface area contributed by atoms with Gasteiger partial charge in [-0.15, -0.1) is 0 Å². The van der Waals surface area contributed by atoms with E-state index in [4.69, 9.17) is 4.74 Å². The van der Waals surface area contributed by atoms with E-state index in [1.807, 2.05) is 24.3 Å². The van der Waals surface area contributed by atoms with Gasteiger partial charge in [-0.05, 0) is 25.0 Å². The number of hydrogen-bond acceptors (Lipinski definition) is 3. The summed E-state index contributed by atoms with van der Waals surface area (Å²) in [6.45, 7) is 2.91. The van der Waals surface area contributed by atoms with Crippen LogP contribution in [-0.4, -0.2) is 43.5 Å². The normalized spacial score (nSPS) is 17.6. The highest BCUT2D eigenvalue weighted by molar-refractivity contribution is 9.10.